The Bertz CT molecular complexity index is 546. The number of alkyl halides is 6. The zero-order chi connectivity index (χ0) is 18.0. The summed E-state index contributed by atoms with van der Waals surface area (Å²) in [4.78, 5) is 0. The normalized spacial score (nSPS) is 22.3. The molecule has 0 bridgehead atoms. The predicted octanol–water partition coefficient (Wildman–Crippen LogP) is 5.98. The van der Waals surface area contributed by atoms with E-state index in [-0.39, 0.29) is 11.7 Å². The van der Waals surface area contributed by atoms with Gasteiger partial charge in [-0.1, -0.05) is 13.3 Å². The molecule has 1 aliphatic carbocycles. The summed E-state index contributed by atoms with van der Waals surface area (Å²) in [6.07, 6.45) is -5.37. The fourth-order valence-electron chi connectivity index (χ4n) is 3.01. The van der Waals surface area contributed by atoms with E-state index in [4.69, 9.17) is 0 Å². The summed E-state index contributed by atoms with van der Waals surface area (Å²) in [5, 5.41) is 2.99. The lowest BCUT2D eigenvalue weighted by molar-refractivity contribution is -0.276. The first-order valence-corrected chi connectivity index (χ1v) is 7.82. The lowest BCUT2D eigenvalue weighted by atomic mass is 9.84. The molecule has 1 aliphatic rings. The van der Waals surface area contributed by atoms with Gasteiger partial charge >= 0.3 is 12.5 Å². The summed E-state index contributed by atoms with van der Waals surface area (Å²) in [5.41, 5.74) is -1.29. The Hall–Kier alpha value is -1.60. The van der Waals surface area contributed by atoms with Crippen molar-refractivity contribution in [3.8, 4) is 5.75 Å². The smallest absolute Gasteiger partial charge is 0.405 e. The van der Waals surface area contributed by atoms with Gasteiger partial charge in [-0.05, 0) is 49.8 Å². The van der Waals surface area contributed by atoms with E-state index in [1.807, 2.05) is 0 Å². The molecule has 1 N–H and O–H groups in total. The van der Waals surface area contributed by atoms with Gasteiger partial charge < -0.3 is 10.1 Å². The van der Waals surface area contributed by atoms with Gasteiger partial charge in [-0.15, -0.1) is 13.2 Å². The molecule has 1 aromatic carbocycles. The number of nitrogens with one attached hydrogen (secondary N) is 1. The topological polar surface area (TPSA) is 21.3 Å². The fraction of sp³-hybridized carbons (Fsp3) is 0.625. The second kappa shape index (κ2) is 7.11. The second-order valence-corrected chi connectivity index (χ2v) is 6.03. The van der Waals surface area contributed by atoms with Crippen LogP contribution in [0, 0.1) is 5.92 Å². The van der Waals surface area contributed by atoms with Gasteiger partial charge in [0, 0.05) is 11.7 Å². The SMILES string of the molecule is CCC1CCC(Nc2ccc(OC(F)(F)F)c(C(F)(F)F)c2)CC1. The fourth-order valence-corrected chi connectivity index (χ4v) is 3.01. The summed E-state index contributed by atoms with van der Waals surface area (Å²) >= 11 is 0. The van der Waals surface area contributed by atoms with Crippen LogP contribution in [0.4, 0.5) is 32.0 Å². The molecule has 0 unspecified atom stereocenters. The molecule has 2 nitrogen and oxygen atoms in total. The molecule has 2 rings (SSSR count). The van der Waals surface area contributed by atoms with Crippen LogP contribution in [0.5, 0.6) is 5.75 Å². The highest BCUT2D eigenvalue weighted by Gasteiger charge is 2.39. The second-order valence-electron chi connectivity index (χ2n) is 6.03. The zero-order valence-electron chi connectivity index (χ0n) is 13.1. The van der Waals surface area contributed by atoms with Crippen LogP contribution in [-0.2, 0) is 6.18 Å². The van der Waals surface area contributed by atoms with Crippen molar-refractivity contribution >= 4 is 5.69 Å². The third kappa shape index (κ3) is 5.21. The maximum absolute atomic E-state index is 13.0. The number of rotatable bonds is 4. The molecular weight excluding hydrogens is 336 g/mol. The van der Waals surface area contributed by atoms with Crippen molar-refractivity contribution in [1.82, 2.24) is 0 Å². The van der Waals surface area contributed by atoms with E-state index in [2.05, 4.69) is 17.0 Å². The van der Waals surface area contributed by atoms with Crippen LogP contribution in [0.15, 0.2) is 18.2 Å². The Balaban J connectivity index is 2.14. The Kier molecular flexibility index (Phi) is 5.55. The standard InChI is InChI=1S/C16H19F6NO/c1-2-10-3-5-11(6-4-10)23-12-7-8-14(24-16(20,21)22)13(9-12)15(17,18)19/h7-11,23H,2-6H2,1H3. The summed E-state index contributed by atoms with van der Waals surface area (Å²) in [5.74, 6) is -0.605. The maximum Gasteiger partial charge on any atom is 0.573 e. The van der Waals surface area contributed by atoms with Gasteiger partial charge in [-0.3, -0.25) is 0 Å². The van der Waals surface area contributed by atoms with Crippen molar-refractivity contribution in [2.45, 2.75) is 57.6 Å². The minimum absolute atomic E-state index is 0.0308. The van der Waals surface area contributed by atoms with Crippen molar-refractivity contribution in [1.29, 1.82) is 0 Å². The van der Waals surface area contributed by atoms with Crippen molar-refractivity contribution in [2.24, 2.45) is 5.92 Å². The Morgan fingerprint density at radius 1 is 1.04 bits per heavy atom. The first-order chi connectivity index (χ1) is 11.1. The lowest BCUT2D eigenvalue weighted by Crippen LogP contribution is -2.26. The van der Waals surface area contributed by atoms with Crippen LogP contribution >= 0.6 is 0 Å². The van der Waals surface area contributed by atoms with Crippen LogP contribution in [0.1, 0.15) is 44.6 Å². The van der Waals surface area contributed by atoms with Gasteiger partial charge in [-0.2, -0.15) is 13.2 Å². The van der Waals surface area contributed by atoms with Gasteiger partial charge in [-0.25, -0.2) is 0 Å². The number of halogens is 6. The molecule has 0 amide bonds. The Morgan fingerprint density at radius 2 is 1.67 bits per heavy atom. The molecule has 0 saturated heterocycles. The molecule has 0 heterocycles. The average molecular weight is 355 g/mol. The number of anilines is 1. The van der Waals surface area contributed by atoms with Crippen LogP contribution in [-0.4, -0.2) is 12.4 Å². The molecule has 136 valence electrons. The Morgan fingerprint density at radius 3 is 2.17 bits per heavy atom. The van der Waals surface area contributed by atoms with Gasteiger partial charge in [0.1, 0.15) is 5.75 Å². The molecule has 0 spiro atoms. The van der Waals surface area contributed by atoms with Gasteiger partial charge in [0.05, 0.1) is 5.56 Å². The van der Waals surface area contributed by atoms with Gasteiger partial charge in [0.25, 0.3) is 0 Å². The van der Waals surface area contributed by atoms with Crippen LogP contribution < -0.4 is 10.1 Å². The monoisotopic (exact) mass is 355 g/mol. The molecule has 0 radical (unpaired) electrons. The van der Waals surface area contributed by atoms with Crippen LogP contribution in [0.3, 0.4) is 0 Å². The van der Waals surface area contributed by atoms with Crippen LogP contribution in [0.25, 0.3) is 0 Å². The number of benzene rings is 1. The summed E-state index contributed by atoms with van der Waals surface area (Å²) in [6.45, 7) is 2.10. The van der Waals surface area contributed by atoms with Gasteiger partial charge in [0.2, 0.25) is 0 Å². The van der Waals surface area contributed by atoms with Crippen LogP contribution in [0.2, 0.25) is 0 Å². The molecule has 1 saturated carbocycles. The van der Waals surface area contributed by atoms with E-state index in [1.165, 1.54) is 6.07 Å². The highest BCUT2D eigenvalue weighted by Crippen LogP contribution is 2.40. The predicted molar refractivity (Wildman–Crippen MR) is 77.8 cm³/mol. The zero-order valence-corrected chi connectivity index (χ0v) is 13.1. The minimum atomic E-state index is -5.17. The van der Waals surface area contributed by atoms with E-state index < -0.39 is 23.9 Å². The maximum atomic E-state index is 13.0. The molecule has 0 aromatic heterocycles. The third-order valence-electron chi connectivity index (χ3n) is 4.31. The van der Waals surface area contributed by atoms with Crippen molar-refractivity contribution in [3.63, 3.8) is 0 Å². The number of ether oxygens (including phenoxy) is 1. The third-order valence-corrected chi connectivity index (χ3v) is 4.31. The molecule has 8 heteroatoms. The number of hydrogen-bond acceptors (Lipinski definition) is 2. The quantitative estimate of drug-likeness (QED) is 0.671. The first-order valence-electron chi connectivity index (χ1n) is 7.82. The van der Waals surface area contributed by atoms with Gasteiger partial charge in [0.15, 0.2) is 0 Å². The Labute approximate surface area is 136 Å². The first kappa shape index (κ1) is 18.7. The minimum Gasteiger partial charge on any atom is -0.405 e. The summed E-state index contributed by atoms with van der Waals surface area (Å²) in [7, 11) is 0. The largest absolute Gasteiger partial charge is 0.573 e. The molecule has 24 heavy (non-hydrogen) atoms. The van der Waals surface area contributed by atoms with E-state index in [0.29, 0.717) is 18.1 Å². The molecule has 1 fully saturated rings. The molecule has 0 aliphatic heterocycles. The van der Waals surface area contributed by atoms with E-state index >= 15 is 0 Å². The summed E-state index contributed by atoms with van der Waals surface area (Å²) < 4.78 is 79.2. The van der Waals surface area contributed by atoms with Crippen molar-refractivity contribution in [2.75, 3.05) is 5.32 Å². The highest BCUT2D eigenvalue weighted by atomic mass is 19.4. The van der Waals surface area contributed by atoms with E-state index in [1.54, 1.807) is 0 Å². The highest BCUT2D eigenvalue weighted by molar-refractivity contribution is 5.53. The lowest BCUT2D eigenvalue weighted by Gasteiger charge is -2.29. The van der Waals surface area contributed by atoms with E-state index in [9.17, 15) is 26.3 Å². The molecule has 0 atom stereocenters. The summed E-state index contributed by atoms with van der Waals surface area (Å²) in [6, 6.07) is 2.59. The number of hydrogen-bond donors (Lipinski definition) is 1. The van der Waals surface area contributed by atoms with Crippen molar-refractivity contribution < 1.29 is 31.1 Å². The molecular formula is C16H19F6NO. The molecule has 1 aromatic rings. The van der Waals surface area contributed by atoms with Crippen molar-refractivity contribution in [3.05, 3.63) is 23.8 Å². The van der Waals surface area contributed by atoms with E-state index in [0.717, 1.165) is 32.1 Å². The average Bonchev–Trinajstić information content (AvgIpc) is 2.47.